The first-order valence-corrected chi connectivity index (χ1v) is 17.7. The molecule has 4 atom stereocenters. The standard InChI is InChI=1S/C32H49N3O10Si/c1-19(2)46(20(3)4,21(5)6)45-23-13-11-10-12-22(23)17-41-31(40)34-25-14-15-35(30(39)33-25)28-27(26(37)24(16-36)44-28)42-18-43-29(38)32(7,8)9/h10-15,19-21,24,26-28,36-37H,16-18H2,1-9H3,(H,33,34,39,40)/t24-,26-,27-,28-/m1/s1. The number of aliphatic hydroxyl groups excluding tert-OH is 2. The van der Waals surface area contributed by atoms with E-state index in [0.717, 1.165) is 10.1 Å². The molecule has 256 valence electrons. The van der Waals surface area contributed by atoms with Crippen molar-refractivity contribution >= 4 is 26.2 Å². The smallest absolute Gasteiger partial charge is 0.413 e. The number of para-hydroxylation sites is 1. The molecule has 3 N–H and O–H groups in total. The zero-order valence-electron chi connectivity index (χ0n) is 28.2. The maximum absolute atomic E-state index is 13.0. The first kappa shape index (κ1) is 37.2. The summed E-state index contributed by atoms with van der Waals surface area (Å²) in [5.74, 6) is 0.0871. The molecule has 46 heavy (non-hydrogen) atoms. The minimum atomic E-state index is -2.25. The minimum absolute atomic E-state index is 0.0625. The normalized spacial score (nSPS) is 20.3. The Bertz CT molecular complexity index is 1370. The van der Waals surface area contributed by atoms with E-state index in [4.69, 9.17) is 23.4 Å². The fourth-order valence-corrected chi connectivity index (χ4v) is 11.2. The number of anilines is 1. The number of carbonyl (C=O) groups is 2. The second-order valence-corrected chi connectivity index (χ2v) is 18.8. The third kappa shape index (κ3) is 8.53. The van der Waals surface area contributed by atoms with Crippen LogP contribution < -0.4 is 15.4 Å². The van der Waals surface area contributed by atoms with E-state index in [1.807, 2.05) is 24.3 Å². The molecule has 2 aromatic rings. The Kier molecular flexibility index (Phi) is 12.5. The van der Waals surface area contributed by atoms with Gasteiger partial charge in [0.2, 0.25) is 0 Å². The number of carbonyl (C=O) groups excluding carboxylic acids is 2. The number of ether oxygens (including phenoxy) is 4. The van der Waals surface area contributed by atoms with Gasteiger partial charge in [0, 0.05) is 11.8 Å². The van der Waals surface area contributed by atoms with Crippen molar-refractivity contribution in [2.45, 2.75) is 110 Å². The van der Waals surface area contributed by atoms with Crippen molar-refractivity contribution in [3.63, 3.8) is 0 Å². The van der Waals surface area contributed by atoms with Crippen molar-refractivity contribution in [1.29, 1.82) is 0 Å². The molecule has 0 radical (unpaired) electrons. The molecule has 0 unspecified atom stereocenters. The van der Waals surface area contributed by atoms with Crippen LogP contribution in [0.5, 0.6) is 5.75 Å². The van der Waals surface area contributed by atoms with Crippen molar-refractivity contribution < 1.29 is 43.2 Å². The predicted molar refractivity (Wildman–Crippen MR) is 173 cm³/mol. The Balaban J connectivity index is 1.69. The van der Waals surface area contributed by atoms with Crippen molar-refractivity contribution in [2.24, 2.45) is 5.41 Å². The van der Waals surface area contributed by atoms with Crippen molar-refractivity contribution in [2.75, 3.05) is 18.7 Å². The molecule has 1 aliphatic heterocycles. The highest BCUT2D eigenvalue weighted by Gasteiger charge is 2.48. The first-order chi connectivity index (χ1) is 21.5. The summed E-state index contributed by atoms with van der Waals surface area (Å²) in [5.41, 5.74) is 0.195. The van der Waals surface area contributed by atoms with Gasteiger partial charge < -0.3 is 33.6 Å². The Morgan fingerprint density at radius 2 is 1.67 bits per heavy atom. The number of aliphatic hydroxyl groups is 2. The molecular weight excluding hydrogens is 614 g/mol. The second-order valence-electron chi connectivity index (χ2n) is 13.4. The second kappa shape index (κ2) is 15.5. The van der Waals surface area contributed by atoms with Crippen LogP contribution >= 0.6 is 0 Å². The summed E-state index contributed by atoms with van der Waals surface area (Å²) >= 11 is 0. The van der Waals surface area contributed by atoms with Gasteiger partial charge in [-0.2, -0.15) is 4.98 Å². The fraction of sp³-hybridized carbons (Fsp3) is 0.625. The van der Waals surface area contributed by atoms with Gasteiger partial charge in [-0.15, -0.1) is 0 Å². The van der Waals surface area contributed by atoms with Gasteiger partial charge in [0.15, 0.2) is 13.0 Å². The number of hydrogen-bond acceptors (Lipinski definition) is 11. The van der Waals surface area contributed by atoms with Crippen LogP contribution in [0.25, 0.3) is 0 Å². The molecule has 14 heteroatoms. The van der Waals surface area contributed by atoms with Crippen LogP contribution in [-0.4, -0.2) is 71.9 Å². The Morgan fingerprint density at radius 3 is 2.24 bits per heavy atom. The van der Waals surface area contributed by atoms with E-state index in [2.05, 4.69) is 51.8 Å². The molecule has 2 heterocycles. The van der Waals surface area contributed by atoms with Gasteiger partial charge in [-0.05, 0) is 49.5 Å². The van der Waals surface area contributed by atoms with E-state index in [-0.39, 0.29) is 12.4 Å². The summed E-state index contributed by atoms with van der Waals surface area (Å²) in [6.45, 7) is 17.1. The maximum Gasteiger partial charge on any atom is 0.413 e. The highest BCUT2D eigenvalue weighted by Crippen LogP contribution is 2.43. The SMILES string of the molecule is CC(C)[Si](Oc1ccccc1COC(=O)Nc1ccn([C@@H]2O[C@H](CO)[C@@H](O)[C@H]2OCOC(=O)C(C)(C)C)c(=O)n1)(C(C)C)C(C)C. The lowest BCUT2D eigenvalue weighted by Crippen LogP contribution is -2.50. The molecule has 0 aliphatic carbocycles. The van der Waals surface area contributed by atoms with Gasteiger partial charge in [0.05, 0.1) is 12.0 Å². The summed E-state index contributed by atoms with van der Waals surface area (Å²) < 4.78 is 29.7. The zero-order chi connectivity index (χ0) is 34.4. The number of nitrogens with zero attached hydrogens (tertiary/aromatic N) is 2. The Hall–Kier alpha value is -3.30. The van der Waals surface area contributed by atoms with Crippen molar-refractivity contribution in [3.05, 3.63) is 52.6 Å². The van der Waals surface area contributed by atoms with E-state index in [0.29, 0.717) is 22.4 Å². The highest BCUT2D eigenvalue weighted by molar-refractivity contribution is 6.78. The molecular formula is C32H49N3O10Si. The van der Waals surface area contributed by atoms with E-state index in [9.17, 15) is 24.6 Å². The number of benzene rings is 1. The molecule has 3 rings (SSSR count). The third-order valence-electron chi connectivity index (χ3n) is 8.22. The van der Waals surface area contributed by atoms with Crippen LogP contribution in [0.2, 0.25) is 16.6 Å². The molecule has 0 bridgehead atoms. The lowest BCUT2D eigenvalue weighted by Gasteiger charge is -2.42. The summed E-state index contributed by atoms with van der Waals surface area (Å²) in [4.78, 5) is 41.7. The molecule has 13 nitrogen and oxygen atoms in total. The topological polar surface area (TPSA) is 168 Å². The molecule has 1 fully saturated rings. The molecule has 0 spiro atoms. The first-order valence-electron chi connectivity index (χ1n) is 15.6. The van der Waals surface area contributed by atoms with Crippen molar-refractivity contribution in [1.82, 2.24) is 9.55 Å². The van der Waals surface area contributed by atoms with Gasteiger partial charge in [0.25, 0.3) is 8.32 Å². The lowest BCUT2D eigenvalue weighted by molar-refractivity contribution is -0.179. The molecule has 1 aromatic heterocycles. The van der Waals surface area contributed by atoms with Gasteiger partial charge in [0.1, 0.15) is 36.5 Å². The summed E-state index contributed by atoms with van der Waals surface area (Å²) in [6.07, 6.45) is -4.28. The third-order valence-corrected chi connectivity index (χ3v) is 14.2. The van der Waals surface area contributed by atoms with Crippen LogP contribution in [-0.2, 0) is 30.3 Å². The lowest BCUT2D eigenvalue weighted by atomic mass is 9.98. The fourth-order valence-electron chi connectivity index (χ4n) is 5.88. The van der Waals surface area contributed by atoms with Crippen LogP contribution in [0.4, 0.5) is 10.6 Å². The highest BCUT2D eigenvalue weighted by atomic mass is 28.4. The zero-order valence-corrected chi connectivity index (χ0v) is 29.2. The van der Waals surface area contributed by atoms with E-state index in [1.165, 1.54) is 12.3 Å². The average Bonchev–Trinajstić information content (AvgIpc) is 3.28. The Morgan fingerprint density at radius 1 is 1.04 bits per heavy atom. The molecule has 1 aliphatic rings. The van der Waals surface area contributed by atoms with Crippen LogP contribution in [0.3, 0.4) is 0 Å². The number of nitrogens with one attached hydrogen (secondary N) is 1. The van der Waals surface area contributed by atoms with Crippen LogP contribution in [0.15, 0.2) is 41.3 Å². The monoisotopic (exact) mass is 663 g/mol. The predicted octanol–water partition coefficient (Wildman–Crippen LogP) is 4.73. The number of rotatable bonds is 13. The number of aromatic nitrogens is 2. The van der Waals surface area contributed by atoms with E-state index < -0.39 is 69.4 Å². The number of hydrogen-bond donors (Lipinski definition) is 3. The summed E-state index contributed by atoms with van der Waals surface area (Å²) in [7, 11) is -2.25. The maximum atomic E-state index is 13.0. The molecule has 1 saturated heterocycles. The summed E-state index contributed by atoms with van der Waals surface area (Å²) in [6, 6.07) is 8.83. The summed E-state index contributed by atoms with van der Waals surface area (Å²) in [5, 5.41) is 22.7. The van der Waals surface area contributed by atoms with Crippen molar-refractivity contribution in [3.8, 4) is 5.75 Å². The minimum Gasteiger partial charge on any atom is -0.542 e. The molecule has 0 saturated carbocycles. The van der Waals surface area contributed by atoms with Crippen LogP contribution in [0.1, 0.15) is 74.1 Å². The van der Waals surface area contributed by atoms with Gasteiger partial charge in [-0.3, -0.25) is 14.7 Å². The van der Waals surface area contributed by atoms with Gasteiger partial charge >= 0.3 is 17.8 Å². The molecule has 1 aromatic carbocycles. The average molecular weight is 664 g/mol. The largest absolute Gasteiger partial charge is 0.542 e. The van der Waals surface area contributed by atoms with Gasteiger partial charge in [-0.25, -0.2) is 9.59 Å². The van der Waals surface area contributed by atoms with Crippen LogP contribution in [0, 0.1) is 5.41 Å². The number of esters is 1. The Labute approximate surface area is 271 Å². The van der Waals surface area contributed by atoms with E-state index in [1.54, 1.807) is 20.8 Å². The van der Waals surface area contributed by atoms with Gasteiger partial charge in [-0.1, -0.05) is 59.7 Å². The quantitative estimate of drug-likeness (QED) is 0.154. The molecule has 1 amide bonds. The number of amides is 1. The van der Waals surface area contributed by atoms with E-state index >= 15 is 0 Å².